The van der Waals surface area contributed by atoms with Crippen molar-refractivity contribution in [3.8, 4) is 0 Å². The van der Waals surface area contributed by atoms with Gasteiger partial charge >= 0.3 is 0 Å². The largest absolute Gasteiger partial charge is 0.382 e. The zero-order valence-corrected chi connectivity index (χ0v) is 10.4. The molecule has 2 N–H and O–H groups in total. The molecule has 1 saturated heterocycles. The summed E-state index contributed by atoms with van der Waals surface area (Å²) in [7, 11) is 0. The molecule has 2 unspecified atom stereocenters. The number of ether oxygens (including phenoxy) is 2. The standard InChI is InChI=1S/C13H25NO2/c1-2-15-8-5-12(14)11-4-9-16-13(10-11)6-3-7-13/h11-12H,2-10,14H2,1H3. The van der Waals surface area contributed by atoms with Crippen LogP contribution in [0.2, 0.25) is 0 Å². The SMILES string of the molecule is CCOCCC(N)C1CCOC2(CCC2)C1. The van der Waals surface area contributed by atoms with Gasteiger partial charge in [0.1, 0.15) is 0 Å². The molecule has 0 bridgehead atoms. The molecule has 1 aliphatic heterocycles. The topological polar surface area (TPSA) is 44.5 Å². The molecule has 2 rings (SSSR count). The monoisotopic (exact) mass is 227 g/mol. The Labute approximate surface area is 98.7 Å². The van der Waals surface area contributed by atoms with E-state index in [0.717, 1.165) is 32.7 Å². The lowest BCUT2D eigenvalue weighted by Gasteiger charge is -2.48. The van der Waals surface area contributed by atoms with Gasteiger partial charge in [0.25, 0.3) is 0 Å². The summed E-state index contributed by atoms with van der Waals surface area (Å²) in [4.78, 5) is 0. The van der Waals surface area contributed by atoms with Crippen molar-refractivity contribution in [1.82, 2.24) is 0 Å². The third kappa shape index (κ3) is 2.76. The second-order valence-corrected chi connectivity index (χ2v) is 5.29. The number of hydrogen-bond acceptors (Lipinski definition) is 3. The minimum absolute atomic E-state index is 0.228. The Balaban J connectivity index is 1.75. The van der Waals surface area contributed by atoms with Crippen molar-refractivity contribution in [2.75, 3.05) is 19.8 Å². The van der Waals surface area contributed by atoms with Gasteiger partial charge in [0, 0.05) is 25.9 Å². The number of hydrogen-bond donors (Lipinski definition) is 1. The van der Waals surface area contributed by atoms with Crippen LogP contribution in [0.5, 0.6) is 0 Å². The summed E-state index contributed by atoms with van der Waals surface area (Å²) >= 11 is 0. The minimum atomic E-state index is 0.228. The first-order valence-corrected chi connectivity index (χ1v) is 6.73. The maximum Gasteiger partial charge on any atom is 0.0685 e. The van der Waals surface area contributed by atoms with E-state index in [1.165, 1.54) is 25.7 Å². The molecule has 0 amide bonds. The second-order valence-electron chi connectivity index (χ2n) is 5.29. The van der Waals surface area contributed by atoms with Crippen molar-refractivity contribution in [2.45, 2.75) is 57.1 Å². The van der Waals surface area contributed by atoms with E-state index in [2.05, 4.69) is 0 Å². The highest BCUT2D eigenvalue weighted by atomic mass is 16.5. The molecular formula is C13H25NO2. The van der Waals surface area contributed by atoms with Crippen LogP contribution in [0.4, 0.5) is 0 Å². The minimum Gasteiger partial charge on any atom is -0.382 e. The van der Waals surface area contributed by atoms with Crippen molar-refractivity contribution in [2.24, 2.45) is 11.7 Å². The summed E-state index contributed by atoms with van der Waals surface area (Å²) < 4.78 is 11.3. The van der Waals surface area contributed by atoms with Gasteiger partial charge in [0.2, 0.25) is 0 Å². The molecule has 1 aliphatic carbocycles. The summed E-state index contributed by atoms with van der Waals surface area (Å²) in [6.45, 7) is 4.54. The molecule has 16 heavy (non-hydrogen) atoms. The first kappa shape index (κ1) is 12.3. The van der Waals surface area contributed by atoms with Crippen LogP contribution in [0, 0.1) is 5.92 Å². The molecule has 3 heteroatoms. The zero-order chi connectivity index (χ0) is 11.4. The van der Waals surface area contributed by atoms with E-state index < -0.39 is 0 Å². The smallest absolute Gasteiger partial charge is 0.0685 e. The van der Waals surface area contributed by atoms with Crippen molar-refractivity contribution in [1.29, 1.82) is 0 Å². The van der Waals surface area contributed by atoms with Gasteiger partial charge in [-0.05, 0) is 51.4 Å². The Kier molecular flexibility index (Phi) is 4.22. The lowest BCUT2D eigenvalue weighted by Crippen LogP contribution is -2.49. The average Bonchev–Trinajstić information content (AvgIpc) is 2.27. The van der Waals surface area contributed by atoms with Gasteiger partial charge in [-0.15, -0.1) is 0 Å². The highest BCUT2D eigenvalue weighted by Gasteiger charge is 2.43. The number of nitrogens with two attached hydrogens (primary N) is 1. The number of rotatable bonds is 5. The van der Waals surface area contributed by atoms with Crippen LogP contribution in [0.15, 0.2) is 0 Å². The highest BCUT2D eigenvalue weighted by molar-refractivity contribution is 4.95. The molecule has 0 aromatic rings. The average molecular weight is 227 g/mol. The van der Waals surface area contributed by atoms with Gasteiger partial charge in [-0.1, -0.05) is 0 Å². The summed E-state index contributed by atoms with van der Waals surface area (Å²) in [6.07, 6.45) is 7.15. The quantitative estimate of drug-likeness (QED) is 0.731. The Morgan fingerprint density at radius 1 is 1.50 bits per heavy atom. The Morgan fingerprint density at radius 2 is 2.31 bits per heavy atom. The van der Waals surface area contributed by atoms with Gasteiger partial charge in [-0.2, -0.15) is 0 Å². The second kappa shape index (κ2) is 5.48. The molecule has 1 heterocycles. The van der Waals surface area contributed by atoms with E-state index in [-0.39, 0.29) is 5.60 Å². The van der Waals surface area contributed by atoms with Gasteiger partial charge in [-0.3, -0.25) is 0 Å². The van der Waals surface area contributed by atoms with E-state index in [0.29, 0.717) is 12.0 Å². The van der Waals surface area contributed by atoms with Gasteiger partial charge < -0.3 is 15.2 Å². The normalized spacial score (nSPS) is 30.0. The maximum absolute atomic E-state index is 6.25. The molecule has 2 fully saturated rings. The van der Waals surface area contributed by atoms with Gasteiger partial charge in [0.15, 0.2) is 0 Å². The van der Waals surface area contributed by atoms with Crippen LogP contribution < -0.4 is 5.73 Å². The van der Waals surface area contributed by atoms with E-state index in [1.807, 2.05) is 6.92 Å². The van der Waals surface area contributed by atoms with E-state index in [1.54, 1.807) is 0 Å². The van der Waals surface area contributed by atoms with Crippen LogP contribution in [0.25, 0.3) is 0 Å². The van der Waals surface area contributed by atoms with Crippen LogP contribution >= 0.6 is 0 Å². The molecule has 3 nitrogen and oxygen atoms in total. The summed E-state index contributed by atoms with van der Waals surface area (Å²) in [5, 5.41) is 0. The molecule has 2 atom stereocenters. The molecule has 94 valence electrons. The highest BCUT2D eigenvalue weighted by Crippen LogP contribution is 2.44. The summed E-state index contributed by atoms with van der Waals surface area (Å²) in [5.41, 5.74) is 6.48. The zero-order valence-electron chi connectivity index (χ0n) is 10.4. The van der Waals surface area contributed by atoms with Gasteiger partial charge in [-0.25, -0.2) is 0 Å². The molecule has 1 spiro atoms. The molecule has 0 aromatic heterocycles. The molecule has 0 aromatic carbocycles. The van der Waals surface area contributed by atoms with Gasteiger partial charge in [0.05, 0.1) is 5.60 Å². The van der Waals surface area contributed by atoms with E-state index in [9.17, 15) is 0 Å². The van der Waals surface area contributed by atoms with Crippen molar-refractivity contribution in [3.63, 3.8) is 0 Å². The third-order valence-corrected chi connectivity index (χ3v) is 4.20. The lowest BCUT2D eigenvalue weighted by atomic mass is 9.70. The Hall–Kier alpha value is -0.120. The Morgan fingerprint density at radius 3 is 2.94 bits per heavy atom. The van der Waals surface area contributed by atoms with Crippen molar-refractivity contribution >= 4 is 0 Å². The summed E-state index contributed by atoms with van der Waals surface area (Å²) in [5.74, 6) is 0.648. The fourth-order valence-corrected chi connectivity index (χ4v) is 2.95. The van der Waals surface area contributed by atoms with Crippen LogP contribution in [0.1, 0.15) is 45.4 Å². The fraction of sp³-hybridized carbons (Fsp3) is 1.00. The van der Waals surface area contributed by atoms with Crippen LogP contribution in [0.3, 0.4) is 0 Å². The molecule has 0 radical (unpaired) electrons. The fourth-order valence-electron chi connectivity index (χ4n) is 2.95. The third-order valence-electron chi connectivity index (χ3n) is 4.20. The summed E-state index contributed by atoms with van der Waals surface area (Å²) in [6, 6.07) is 0.299. The predicted octanol–water partition coefficient (Wildman–Crippen LogP) is 2.09. The molecule has 2 aliphatic rings. The Bertz CT molecular complexity index is 216. The maximum atomic E-state index is 6.25. The van der Waals surface area contributed by atoms with Crippen molar-refractivity contribution < 1.29 is 9.47 Å². The van der Waals surface area contributed by atoms with Crippen LogP contribution in [-0.4, -0.2) is 31.5 Å². The van der Waals surface area contributed by atoms with E-state index >= 15 is 0 Å². The van der Waals surface area contributed by atoms with Crippen LogP contribution in [-0.2, 0) is 9.47 Å². The lowest BCUT2D eigenvalue weighted by molar-refractivity contribution is -0.146. The van der Waals surface area contributed by atoms with E-state index in [4.69, 9.17) is 15.2 Å². The first-order chi connectivity index (χ1) is 7.76. The molecular weight excluding hydrogens is 202 g/mol. The first-order valence-electron chi connectivity index (χ1n) is 6.73. The predicted molar refractivity (Wildman–Crippen MR) is 64.3 cm³/mol. The van der Waals surface area contributed by atoms with Crippen molar-refractivity contribution in [3.05, 3.63) is 0 Å². The molecule has 1 saturated carbocycles.